The molecule has 0 saturated carbocycles. The Morgan fingerprint density at radius 3 is 2.90 bits per heavy atom. The molecule has 3 heterocycles. The molecule has 0 aliphatic carbocycles. The first-order chi connectivity index (χ1) is 19.1. The topological polar surface area (TPSA) is 112 Å². The predicted octanol–water partition coefficient (Wildman–Crippen LogP) is 4.59. The largest absolute Gasteiger partial charge is 0.497 e. The molecule has 1 amide bonds. The van der Waals surface area contributed by atoms with E-state index in [9.17, 15) is 4.79 Å². The van der Waals surface area contributed by atoms with Crippen molar-refractivity contribution in [2.45, 2.75) is 19.3 Å². The molecule has 2 aliphatic heterocycles. The number of amides is 1. The van der Waals surface area contributed by atoms with Crippen LogP contribution in [0.2, 0.25) is 0 Å². The highest BCUT2D eigenvalue weighted by molar-refractivity contribution is 5.97. The number of carbonyl (C=O) groups excluding carboxylic acids is 1. The van der Waals surface area contributed by atoms with Gasteiger partial charge in [-0.1, -0.05) is 24.3 Å². The van der Waals surface area contributed by atoms with Crippen LogP contribution in [0, 0.1) is 5.92 Å². The Hall–Kier alpha value is -4.72. The van der Waals surface area contributed by atoms with Crippen LogP contribution in [-0.4, -0.2) is 41.8 Å². The summed E-state index contributed by atoms with van der Waals surface area (Å²) in [6.45, 7) is 1.11. The fourth-order valence-corrected chi connectivity index (χ4v) is 5.14. The van der Waals surface area contributed by atoms with Crippen molar-refractivity contribution in [2.75, 3.05) is 26.0 Å². The second-order valence-electron chi connectivity index (χ2n) is 9.82. The fourth-order valence-electron chi connectivity index (χ4n) is 5.14. The molecule has 4 aromatic rings. The van der Waals surface area contributed by atoms with Gasteiger partial charge < -0.3 is 20.5 Å². The van der Waals surface area contributed by atoms with E-state index in [1.54, 1.807) is 13.3 Å². The summed E-state index contributed by atoms with van der Waals surface area (Å²) in [5, 5.41) is 3.03. The summed E-state index contributed by atoms with van der Waals surface area (Å²) < 4.78 is 11.4. The lowest BCUT2D eigenvalue weighted by atomic mass is 9.89. The fraction of sp³-hybridized carbons (Fsp3) is 0.226. The molecule has 0 fully saturated rings. The molecule has 196 valence electrons. The number of nitrogens with two attached hydrogens (primary N) is 1. The minimum atomic E-state index is -0.0914. The third-order valence-corrected chi connectivity index (χ3v) is 7.22. The van der Waals surface area contributed by atoms with Crippen molar-refractivity contribution in [3.05, 3.63) is 95.2 Å². The van der Waals surface area contributed by atoms with Crippen molar-refractivity contribution in [1.82, 2.24) is 15.3 Å². The standard InChI is InChI=1S/C31H29N5O3/c1-38-25-4-2-3-19(13-25)9-11-33-30(37)22-7-8-29-23(14-22)15-24(18-39-29)28-17-21-6-5-20(16-27(21)35-28)26-10-12-34-31(32)36-26/h2-8,10,12-14,16,24H,9,11,15,17-18H2,1H3,(H,33,37)(H2,32,34,36). The lowest BCUT2D eigenvalue weighted by Crippen LogP contribution is -2.29. The highest BCUT2D eigenvalue weighted by Gasteiger charge is 2.28. The molecule has 8 nitrogen and oxygen atoms in total. The van der Waals surface area contributed by atoms with E-state index < -0.39 is 0 Å². The minimum absolute atomic E-state index is 0.0914. The molecule has 0 radical (unpaired) electrons. The van der Waals surface area contributed by atoms with Gasteiger partial charge in [0.25, 0.3) is 5.91 Å². The van der Waals surface area contributed by atoms with Gasteiger partial charge in [-0.3, -0.25) is 9.79 Å². The van der Waals surface area contributed by atoms with Crippen molar-refractivity contribution in [3.63, 3.8) is 0 Å². The van der Waals surface area contributed by atoms with E-state index >= 15 is 0 Å². The average molecular weight is 520 g/mol. The molecule has 3 N–H and O–H groups in total. The number of rotatable bonds is 7. The van der Waals surface area contributed by atoms with E-state index in [0.29, 0.717) is 18.7 Å². The van der Waals surface area contributed by atoms with E-state index in [1.165, 1.54) is 5.56 Å². The van der Waals surface area contributed by atoms with Crippen LogP contribution < -0.4 is 20.5 Å². The molecule has 8 heteroatoms. The van der Waals surface area contributed by atoms with Crippen LogP contribution in [0.1, 0.15) is 27.0 Å². The van der Waals surface area contributed by atoms with E-state index in [2.05, 4.69) is 27.4 Å². The number of anilines is 1. The van der Waals surface area contributed by atoms with Crippen LogP contribution in [0.3, 0.4) is 0 Å². The van der Waals surface area contributed by atoms with Crippen LogP contribution >= 0.6 is 0 Å². The van der Waals surface area contributed by atoms with Crippen molar-refractivity contribution in [1.29, 1.82) is 0 Å². The second kappa shape index (κ2) is 10.6. The molecular formula is C31H29N5O3. The van der Waals surface area contributed by atoms with Gasteiger partial charge in [-0.15, -0.1) is 0 Å². The molecule has 1 aromatic heterocycles. The molecule has 1 unspecified atom stereocenters. The zero-order valence-electron chi connectivity index (χ0n) is 21.7. The number of aromatic nitrogens is 2. The lowest BCUT2D eigenvalue weighted by Gasteiger charge is -2.26. The van der Waals surface area contributed by atoms with Crippen molar-refractivity contribution < 1.29 is 14.3 Å². The third kappa shape index (κ3) is 5.31. The van der Waals surface area contributed by atoms with E-state index in [-0.39, 0.29) is 17.8 Å². The first-order valence-electron chi connectivity index (χ1n) is 13.0. The number of nitrogens with zero attached hydrogens (tertiary/aromatic N) is 3. The van der Waals surface area contributed by atoms with E-state index in [1.807, 2.05) is 54.6 Å². The highest BCUT2D eigenvalue weighted by atomic mass is 16.5. The minimum Gasteiger partial charge on any atom is -0.497 e. The van der Waals surface area contributed by atoms with Gasteiger partial charge in [0.2, 0.25) is 5.95 Å². The van der Waals surface area contributed by atoms with Gasteiger partial charge in [0.1, 0.15) is 11.5 Å². The van der Waals surface area contributed by atoms with Crippen LogP contribution in [0.5, 0.6) is 11.5 Å². The summed E-state index contributed by atoms with van der Waals surface area (Å²) in [4.78, 5) is 26.2. The number of fused-ring (bicyclic) bond motifs is 2. The number of ether oxygens (including phenoxy) is 2. The quantitative estimate of drug-likeness (QED) is 0.370. The lowest BCUT2D eigenvalue weighted by molar-refractivity contribution is 0.0954. The third-order valence-electron chi connectivity index (χ3n) is 7.22. The Labute approximate surface area is 226 Å². The Morgan fingerprint density at radius 1 is 1.10 bits per heavy atom. The summed E-state index contributed by atoms with van der Waals surface area (Å²) in [6, 6.07) is 21.6. The Bertz CT molecular complexity index is 1580. The predicted molar refractivity (Wildman–Crippen MR) is 151 cm³/mol. The van der Waals surface area contributed by atoms with Gasteiger partial charge in [-0.05, 0) is 72.0 Å². The van der Waals surface area contributed by atoms with Crippen LogP contribution in [0.4, 0.5) is 11.6 Å². The monoisotopic (exact) mass is 519 g/mol. The summed E-state index contributed by atoms with van der Waals surface area (Å²) in [7, 11) is 1.65. The molecule has 0 bridgehead atoms. The van der Waals surface area contributed by atoms with Gasteiger partial charge in [-0.25, -0.2) is 9.97 Å². The normalized spacial score (nSPS) is 15.5. The molecule has 2 aliphatic rings. The number of nitrogens with one attached hydrogen (secondary N) is 1. The first-order valence-corrected chi connectivity index (χ1v) is 13.0. The maximum atomic E-state index is 12.9. The smallest absolute Gasteiger partial charge is 0.251 e. The Balaban J connectivity index is 1.12. The van der Waals surface area contributed by atoms with E-state index in [4.69, 9.17) is 20.2 Å². The Kier molecular flexibility index (Phi) is 6.67. The Morgan fingerprint density at radius 2 is 2.03 bits per heavy atom. The van der Waals surface area contributed by atoms with Crippen LogP contribution in [-0.2, 0) is 19.3 Å². The number of methoxy groups -OCH3 is 1. The molecule has 39 heavy (non-hydrogen) atoms. The molecule has 6 rings (SSSR count). The van der Waals surface area contributed by atoms with Crippen LogP contribution in [0.25, 0.3) is 11.3 Å². The number of carbonyl (C=O) groups is 1. The summed E-state index contributed by atoms with van der Waals surface area (Å²) in [6.07, 6.45) is 3.95. The highest BCUT2D eigenvalue weighted by Crippen LogP contribution is 2.36. The summed E-state index contributed by atoms with van der Waals surface area (Å²) in [5.74, 6) is 1.95. The van der Waals surface area contributed by atoms with Gasteiger partial charge in [0.05, 0.1) is 25.1 Å². The summed E-state index contributed by atoms with van der Waals surface area (Å²) in [5.41, 5.74) is 13.5. The maximum absolute atomic E-state index is 12.9. The first kappa shape index (κ1) is 24.6. The molecule has 0 spiro atoms. The number of hydrogen-bond donors (Lipinski definition) is 2. The molecule has 1 atom stereocenters. The van der Waals surface area contributed by atoms with Gasteiger partial charge >= 0.3 is 0 Å². The molecular weight excluding hydrogens is 490 g/mol. The number of benzene rings is 3. The van der Waals surface area contributed by atoms with E-state index in [0.717, 1.165) is 64.5 Å². The maximum Gasteiger partial charge on any atom is 0.251 e. The van der Waals surface area contributed by atoms with Crippen molar-refractivity contribution in [3.8, 4) is 22.8 Å². The number of nitrogen functional groups attached to an aromatic ring is 1. The molecule has 3 aromatic carbocycles. The van der Waals surface area contributed by atoms with Gasteiger partial charge in [0.15, 0.2) is 0 Å². The van der Waals surface area contributed by atoms with Crippen LogP contribution in [0.15, 0.2) is 77.9 Å². The zero-order chi connectivity index (χ0) is 26.8. The van der Waals surface area contributed by atoms with Gasteiger partial charge in [-0.2, -0.15) is 0 Å². The number of hydrogen-bond acceptors (Lipinski definition) is 7. The SMILES string of the molecule is COc1cccc(CCNC(=O)c2ccc3c(c2)CC(C2=Nc4cc(-c5ccnc(N)n5)ccc4C2)CO3)c1. The zero-order valence-corrected chi connectivity index (χ0v) is 21.7. The van der Waals surface area contributed by atoms with Crippen molar-refractivity contribution >= 4 is 23.3 Å². The summed E-state index contributed by atoms with van der Waals surface area (Å²) >= 11 is 0. The number of aliphatic imine (C=N–C) groups is 1. The van der Waals surface area contributed by atoms with Gasteiger partial charge in [0, 0.05) is 41.9 Å². The average Bonchev–Trinajstić information content (AvgIpc) is 3.40. The molecule has 0 saturated heterocycles. The van der Waals surface area contributed by atoms with Crippen molar-refractivity contribution in [2.24, 2.45) is 10.9 Å². The second-order valence-corrected chi connectivity index (χ2v) is 9.82.